The molecule has 0 aliphatic carbocycles. The molecule has 1 aromatic rings. The minimum atomic E-state index is -4.88. The summed E-state index contributed by atoms with van der Waals surface area (Å²) in [7, 11) is 0. The molecule has 1 aromatic heterocycles. The van der Waals surface area contributed by atoms with Gasteiger partial charge in [-0.15, -0.1) is 0 Å². The average molecular weight is 248 g/mol. The topological polar surface area (TPSA) is 61.0 Å². The normalized spacial score (nSPS) is 16.7. The lowest BCUT2D eigenvalue weighted by molar-refractivity contribution is -0.171. The molecule has 1 aliphatic heterocycles. The van der Waals surface area contributed by atoms with Gasteiger partial charge >= 0.3 is 12.1 Å². The van der Waals surface area contributed by atoms with Gasteiger partial charge in [-0.2, -0.15) is 18.3 Å². The van der Waals surface area contributed by atoms with E-state index in [2.05, 4.69) is 15.5 Å². The Morgan fingerprint density at radius 3 is 2.53 bits per heavy atom. The number of alkyl halides is 3. The van der Waals surface area contributed by atoms with Crippen molar-refractivity contribution in [2.45, 2.75) is 19.1 Å². The first-order valence-corrected chi connectivity index (χ1v) is 5.02. The van der Waals surface area contributed by atoms with Crippen molar-refractivity contribution in [2.24, 2.45) is 0 Å². The fourth-order valence-electron chi connectivity index (χ4n) is 1.65. The van der Waals surface area contributed by atoms with Crippen LogP contribution in [0.2, 0.25) is 0 Å². The van der Waals surface area contributed by atoms with E-state index in [0.29, 0.717) is 18.8 Å². The number of hydrogen-bond acceptors (Lipinski definition) is 3. The molecule has 0 spiro atoms. The van der Waals surface area contributed by atoms with Gasteiger partial charge in [0.2, 0.25) is 0 Å². The Labute approximate surface area is 95.0 Å². The molecule has 0 unspecified atom stereocenters. The van der Waals surface area contributed by atoms with Gasteiger partial charge in [-0.1, -0.05) is 0 Å². The second-order valence-corrected chi connectivity index (χ2v) is 3.87. The number of aromatic nitrogens is 2. The Morgan fingerprint density at radius 2 is 2.18 bits per heavy atom. The second-order valence-electron chi connectivity index (χ2n) is 3.87. The van der Waals surface area contributed by atoms with E-state index >= 15 is 0 Å². The molecule has 1 amide bonds. The van der Waals surface area contributed by atoms with Crippen LogP contribution >= 0.6 is 0 Å². The number of aromatic amines is 1. The summed E-state index contributed by atoms with van der Waals surface area (Å²) in [5.41, 5.74) is 0.619. The van der Waals surface area contributed by atoms with Crippen LogP contribution in [0.15, 0.2) is 6.20 Å². The highest BCUT2D eigenvalue weighted by atomic mass is 19.4. The molecule has 1 saturated heterocycles. The van der Waals surface area contributed by atoms with Crippen molar-refractivity contribution < 1.29 is 18.0 Å². The third-order valence-corrected chi connectivity index (χ3v) is 2.65. The fraction of sp³-hybridized carbons (Fsp3) is 0.556. The highest BCUT2D eigenvalue weighted by Gasteiger charge is 2.47. The molecule has 0 saturated carbocycles. The van der Waals surface area contributed by atoms with E-state index in [1.165, 1.54) is 6.20 Å². The van der Waals surface area contributed by atoms with E-state index in [-0.39, 0.29) is 5.69 Å². The van der Waals surface area contributed by atoms with Gasteiger partial charge in [-0.05, 0) is 6.92 Å². The molecule has 1 fully saturated rings. The van der Waals surface area contributed by atoms with E-state index < -0.39 is 18.1 Å². The maximum absolute atomic E-state index is 12.5. The largest absolute Gasteiger partial charge is 0.471 e. The molecular formula is C9H11F3N4O. The van der Waals surface area contributed by atoms with Crippen LogP contribution in [0, 0.1) is 6.92 Å². The van der Waals surface area contributed by atoms with E-state index in [1.807, 2.05) is 0 Å². The molecule has 5 nitrogen and oxygen atoms in total. The van der Waals surface area contributed by atoms with Crippen molar-refractivity contribution in [3.8, 4) is 0 Å². The lowest BCUT2D eigenvalue weighted by Gasteiger charge is -2.38. The van der Waals surface area contributed by atoms with Gasteiger partial charge in [0.05, 0.1) is 23.6 Å². The highest BCUT2D eigenvalue weighted by molar-refractivity contribution is 5.98. The Balaban J connectivity index is 2.32. The van der Waals surface area contributed by atoms with Crippen molar-refractivity contribution >= 4 is 11.6 Å². The number of carbonyl (C=O) groups excluding carboxylic acids is 1. The van der Waals surface area contributed by atoms with Gasteiger partial charge in [0.1, 0.15) is 0 Å². The third kappa shape index (κ3) is 2.12. The first-order valence-electron chi connectivity index (χ1n) is 5.02. The predicted octanol–water partition coefficient (Wildman–Crippen LogP) is 0.585. The van der Waals surface area contributed by atoms with Crippen LogP contribution in [0.5, 0.6) is 0 Å². The van der Waals surface area contributed by atoms with E-state index in [9.17, 15) is 18.0 Å². The highest BCUT2D eigenvalue weighted by Crippen LogP contribution is 2.28. The van der Waals surface area contributed by atoms with E-state index in [1.54, 1.807) is 6.92 Å². The molecule has 0 radical (unpaired) electrons. The summed E-state index contributed by atoms with van der Waals surface area (Å²) >= 11 is 0. The number of anilines is 1. The molecule has 0 bridgehead atoms. The minimum absolute atomic E-state index is 0.179. The number of rotatable bonds is 2. The molecule has 0 aromatic carbocycles. The maximum atomic E-state index is 12.5. The number of nitrogens with one attached hydrogen (secondary N) is 2. The Hall–Kier alpha value is -1.57. The zero-order valence-corrected chi connectivity index (χ0v) is 9.01. The molecule has 0 atom stereocenters. The van der Waals surface area contributed by atoms with Gasteiger partial charge in [-0.3, -0.25) is 14.8 Å². The predicted molar refractivity (Wildman–Crippen MR) is 53.5 cm³/mol. The third-order valence-electron chi connectivity index (χ3n) is 2.65. The van der Waals surface area contributed by atoms with E-state index in [0.717, 1.165) is 4.90 Å². The zero-order chi connectivity index (χ0) is 12.6. The SMILES string of the molecule is Cc1[nH]ncc1N(C(=O)C(F)(F)F)C1CNC1. The first kappa shape index (κ1) is 11.9. The summed E-state index contributed by atoms with van der Waals surface area (Å²) in [6, 6.07) is -0.472. The Bertz CT molecular complexity index is 424. The van der Waals surface area contributed by atoms with Crippen LogP contribution in [-0.4, -0.2) is 41.4 Å². The number of hydrogen-bond donors (Lipinski definition) is 2. The van der Waals surface area contributed by atoms with Crippen LogP contribution < -0.4 is 10.2 Å². The Morgan fingerprint density at radius 1 is 1.53 bits per heavy atom. The van der Waals surface area contributed by atoms with Crippen molar-refractivity contribution in [3.05, 3.63) is 11.9 Å². The molecule has 2 rings (SSSR count). The van der Waals surface area contributed by atoms with Crippen LogP contribution in [0.1, 0.15) is 5.69 Å². The number of H-pyrrole nitrogens is 1. The number of amides is 1. The molecule has 2 heterocycles. The van der Waals surface area contributed by atoms with Gasteiger partial charge in [0, 0.05) is 13.1 Å². The molecule has 17 heavy (non-hydrogen) atoms. The fourth-order valence-corrected chi connectivity index (χ4v) is 1.65. The lowest BCUT2D eigenvalue weighted by atomic mass is 10.1. The lowest BCUT2D eigenvalue weighted by Crippen LogP contribution is -2.61. The van der Waals surface area contributed by atoms with Crippen LogP contribution in [-0.2, 0) is 4.79 Å². The second kappa shape index (κ2) is 4.02. The van der Waals surface area contributed by atoms with Gasteiger partial charge in [0.15, 0.2) is 0 Å². The smallest absolute Gasteiger partial charge is 0.313 e. The van der Waals surface area contributed by atoms with Crippen LogP contribution in [0.25, 0.3) is 0 Å². The average Bonchev–Trinajstić information content (AvgIpc) is 2.55. The summed E-state index contributed by atoms with van der Waals surface area (Å²) in [5.74, 6) is -1.85. The van der Waals surface area contributed by atoms with Gasteiger partial charge in [0.25, 0.3) is 0 Å². The monoisotopic (exact) mass is 248 g/mol. The van der Waals surface area contributed by atoms with Gasteiger partial charge in [-0.25, -0.2) is 0 Å². The summed E-state index contributed by atoms with van der Waals surface area (Å²) in [6.07, 6.45) is -3.64. The summed E-state index contributed by atoms with van der Waals surface area (Å²) < 4.78 is 37.5. The van der Waals surface area contributed by atoms with Crippen molar-refractivity contribution in [1.29, 1.82) is 0 Å². The summed E-state index contributed by atoms with van der Waals surface area (Å²) in [5, 5.41) is 9.01. The first-order chi connectivity index (χ1) is 7.91. The van der Waals surface area contributed by atoms with Crippen molar-refractivity contribution in [2.75, 3.05) is 18.0 Å². The van der Waals surface area contributed by atoms with E-state index in [4.69, 9.17) is 0 Å². The maximum Gasteiger partial charge on any atom is 0.471 e. The molecule has 94 valence electrons. The van der Waals surface area contributed by atoms with Crippen LogP contribution in [0.4, 0.5) is 18.9 Å². The molecule has 8 heteroatoms. The number of halogens is 3. The Kier molecular flexibility index (Phi) is 2.82. The molecular weight excluding hydrogens is 237 g/mol. The van der Waals surface area contributed by atoms with Gasteiger partial charge < -0.3 is 5.32 Å². The number of carbonyl (C=O) groups is 1. The van der Waals surface area contributed by atoms with Crippen LogP contribution in [0.3, 0.4) is 0 Å². The quantitative estimate of drug-likeness (QED) is 0.805. The van der Waals surface area contributed by atoms with Crippen molar-refractivity contribution in [1.82, 2.24) is 15.5 Å². The van der Waals surface area contributed by atoms with Crippen molar-refractivity contribution in [3.63, 3.8) is 0 Å². The molecule has 2 N–H and O–H groups in total. The minimum Gasteiger partial charge on any atom is -0.313 e. The summed E-state index contributed by atoms with van der Waals surface area (Å²) in [4.78, 5) is 12.1. The molecule has 1 aliphatic rings. The summed E-state index contributed by atoms with van der Waals surface area (Å²) in [6.45, 7) is 2.28. The number of aryl methyl sites for hydroxylation is 1. The standard InChI is InChI=1S/C9H11F3N4O/c1-5-7(4-14-15-5)16(6-2-13-3-6)8(17)9(10,11)12/h4,6,13H,2-3H2,1H3,(H,14,15). The number of nitrogens with zero attached hydrogens (tertiary/aromatic N) is 2. The zero-order valence-electron chi connectivity index (χ0n) is 9.01.